The zero-order valence-electron chi connectivity index (χ0n) is 28.9. The fraction of sp³-hybridized carbons (Fsp3) is 0.0208. The number of anilines is 1. The van der Waals surface area contributed by atoms with Crippen LogP contribution in [0.2, 0.25) is 0 Å². The van der Waals surface area contributed by atoms with E-state index in [1.165, 1.54) is 11.1 Å². The van der Waals surface area contributed by atoms with Gasteiger partial charge in [-0.1, -0.05) is 140 Å². The van der Waals surface area contributed by atoms with Crippen molar-refractivity contribution in [3.63, 3.8) is 0 Å². The Bertz CT molecular complexity index is 2660. The molecule has 5 nitrogen and oxygen atoms in total. The van der Waals surface area contributed by atoms with Gasteiger partial charge in [0.2, 0.25) is 0 Å². The third-order valence-electron chi connectivity index (χ3n) is 9.69. The van der Waals surface area contributed by atoms with Crippen molar-refractivity contribution < 1.29 is 0 Å². The smallest absolute Gasteiger partial charge is 0.159 e. The van der Waals surface area contributed by atoms with E-state index in [0.29, 0.717) is 5.84 Å². The minimum absolute atomic E-state index is 0.316. The number of hydrogen-bond acceptors (Lipinski definition) is 5. The molecule has 1 aliphatic rings. The lowest BCUT2D eigenvalue weighted by atomic mass is 9.92. The Morgan fingerprint density at radius 3 is 1.75 bits per heavy atom. The lowest BCUT2D eigenvalue weighted by Crippen LogP contribution is -2.33. The van der Waals surface area contributed by atoms with Crippen LogP contribution in [0.1, 0.15) is 22.9 Å². The van der Waals surface area contributed by atoms with E-state index in [2.05, 4.69) is 145 Å². The molecule has 0 fully saturated rings. The molecule has 0 aliphatic carbocycles. The molecule has 0 radical (unpaired) electrons. The van der Waals surface area contributed by atoms with Crippen molar-refractivity contribution in [2.75, 3.05) is 5.73 Å². The average molecular weight is 682 g/mol. The zero-order valence-corrected chi connectivity index (χ0v) is 28.9. The van der Waals surface area contributed by atoms with E-state index in [-0.39, 0.29) is 6.17 Å². The third kappa shape index (κ3) is 6.48. The summed E-state index contributed by atoms with van der Waals surface area (Å²) in [6, 6.07) is 62.9. The minimum Gasteiger partial charge on any atom is -0.399 e. The summed E-state index contributed by atoms with van der Waals surface area (Å²) in [7, 11) is 0. The Hall–Kier alpha value is -7.11. The van der Waals surface area contributed by atoms with Crippen molar-refractivity contribution in [1.29, 1.82) is 0 Å². The number of nitrogen functional groups attached to an aromatic ring is 1. The first-order valence-electron chi connectivity index (χ1n) is 17.7. The lowest BCUT2D eigenvalue weighted by Gasteiger charge is -2.24. The summed E-state index contributed by atoms with van der Waals surface area (Å²) in [5.41, 5.74) is 19.7. The molecule has 0 spiro atoms. The highest BCUT2D eigenvalue weighted by atomic mass is 15.2. The molecule has 7 aromatic carbocycles. The van der Waals surface area contributed by atoms with E-state index in [4.69, 9.17) is 20.7 Å². The van der Waals surface area contributed by atoms with Crippen molar-refractivity contribution in [2.45, 2.75) is 6.17 Å². The minimum atomic E-state index is -0.316. The van der Waals surface area contributed by atoms with E-state index in [0.717, 1.165) is 72.5 Å². The van der Waals surface area contributed by atoms with Crippen LogP contribution < -0.4 is 11.1 Å². The summed E-state index contributed by atoms with van der Waals surface area (Å²) in [6.45, 7) is 0. The van der Waals surface area contributed by atoms with E-state index in [1.54, 1.807) is 0 Å². The highest BCUT2D eigenvalue weighted by molar-refractivity contribution is 6.14. The van der Waals surface area contributed by atoms with E-state index >= 15 is 0 Å². The van der Waals surface area contributed by atoms with E-state index < -0.39 is 0 Å². The van der Waals surface area contributed by atoms with Crippen LogP contribution in [0.15, 0.2) is 198 Å². The number of aromatic nitrogens is 1. The number of rotatable bonds is 7. The molecule has 53 heavy (non-hydrogen) atoms. The number of aliphatic imine (C=N–C) groups is 2. The molecule has 8 aromatic rings. The monoisotopic (exact) mass is 681 g/mol. The van der Waals surface area contributed by atoms with Crippen LogP contribution in [0, 0.1) is 0 Å². The second-order valence-electron chi connectivity index (χ2n) is 13.2. The molecule has 1 aliphatic heterocycles. The number of hydrogen-bond donors (Lipinski definition) is 2. The molecule has 9 rings (SSSR count). The first-order valence-corrected chi connectivity index (χ1v) is 17.7. The predicted molar refractivity (Wildman–Crippen MR) is 220 cm³/mol. The van der Waals surface area contributed by atoms with Gasteiger partial charge in [-0.25, -0.2) is 9.98 Å². The van der Waals surface area contributed by atoms with Crippen molar-refractivity contribution in [2.24, 2.45) is 9.98 Å². The first kappa shape index (κ1) is 31.8. The quantitative estimate of drug-likeness (QED) is 0.164. The number of benzene rings is 7. The molecular weight excluding hydrogens is 647 g/mol. The topological polar surface area (TPSA) is 75.7 Å². The third-order valence-corrected chi connectivity index (χ3v) is 9.69. The Morgan fingerprint density at radius 1 is 0.453 bits per heavy atom. The summed E-state index contributed by atoms with van der Waals surface area (Å²) in [5, 5.41) is 4.72. The van der Waals surface area contributed by atoms with Gasteiger partial charge in [0.15, 0.2) is 5.84 Å². The lowest BCUT2D eigenvalue weighted by molar-refractivity contribution is 0.674. The van der Waals surface area contributed by atoms with Crippen molar-refractivity contribution >= 4 is 28.3 Å². The molecule has 1 unspecified atom stereocenters. The highest BCUT2D eigenvalue weighted by Crippen LogP contribution is 2.37. The fourth-order valence-electron chi connectivity index (χ4n) is 7.11. The van der Waals surface area contributed by atoms with Crippen molar-refractivity contribution in [3.05, 3.63) is 205 Å². The van der Waals surface area contributed by atoms with Gasteiger partial charge in [0.05, 0.1) is 5.52 Å². The Balaban J connectivity index is 1.15. The molecule has 1 aromatic heterocycles. The first-order chi connectivity index (χ1) is 26.2. The molecule has 0 bridgehead atoms. The van der Waals surface area contributed by atoms with Crippen LogP contribution in [0.25, 0.3) is 55.4 Å². The van der Waals surface area contributed by atoms with Crippen LogP contribution in [-0.4, -0.2) is 16.7 Å². The summed E-state index contributed by atoms with van der Waals surface area (Å²) in [4.78, 5) is 15.2. The molecule has 3 N–H and O–H groups in total. The molecule has 0 saturated heterocycles. The van der Waals surface area contributed by atoms with Crippen LogP contribution in [0.4, 0.5) is 5.69 Å². The van der Waals surface area contributed by atoms with Gasteiger partial charge in [-0.05, 0) is 92.5 Å². The second-order valence-corrected chi connectivity index (χ2v) is 13.2. The number of fused-ring (bicyclic) bond motifs is 1. The Morgan fingerprint density at radius 2 is 1.00 bits per heavy atom. The standard InChI is InChI=1S/C48H35N5/c49-41-23-10-18-36(31-41)35-17-8-21-39(29-35)47-51-46(33-14-5-2-6-15-33)52-48(53-47)40-22-9-20-38(30-40)43-26-27-50-44-25-11-24-42(45(43)44)37-19-7-16-34(28-37)32-12-3-1-4-13-32/h1-31,46H,49H2,(H,51,52,53). The SMILES string of the molecule is Nc1cccc(-c2cccc(C3=NC(c4cccc(-c5ccnc6cccc(-c7cccc(-c8ccccc8)c7)c56)c4)=NC(c4ccccc4)N3)c2)c1. The second kappa shape index (κ2) is 13.9. The maximum absolute atomic E-state index is 6.14. The molecular formula is C48H35N5. The van der Waals surface area contributed by atoms with Gasteiger partial charge in [-0.2, -0.15) is 0 Å². The zero-order chi connectivity index (χ0) is 35.6. The number of nitrogens with one attached hydrogen (secondary N) is 1. The summed E-state index contributed by atoms with van der Waals surface area (Å²) >= 11 is 0. The molecule has 5 heteroatoms. The maximum atomic E-state index is 6.14. The van der Waals surface area contributed by atoms with Gasteiger partial charge in [-0.15, -0.1) is 0 Å². The summed E-state index contributed by atoms with van der Waals surface area (Å²) in [6.07, 6.45) is 1.58. The molecule has 1 atom stereocenters. The molecule has 2 heterocycles. The van der Waals surface area contributed by atoms with Crippen LogP contribution in [-0.2, 0) is 0 Å². The normalized spacial score (nSPS) is 13.9. The fourth-order valence-corrected chi connectivity index (χ4v) is 7.11. The van der Waals surface area contributed by atoms with Gasteiger partial charge in [0.25, 0.3) is 0 Å². The number of amidine groups is 2. The van der Waals surface area contributed by atoms with Crippen molar-refractivity contribution in [3.8, 4) is 44.5 Å². The molecule has 252 valence electrons. The largest absolute Gasteiger partial charge is 0.399 e. The van der Waals surface area contributed by atoms with Crippen LogP contribution in [0.3, 0.4) is 0 Å². The number of nitrogens with two attached hydrogens (primary N) is 1. The average Bonchev–Trinajstić information content (AvgIpc) is 3.24. The van der Waals surface area contributed by atoms with Gasteiger partial charge in [-0.3, -0.25) is 4.98 Å². The molecule has 0 amide bonds. The van der Waals surface area contributed by atoms with Crippen molar-refractivity contribution in [1.82, 2.24) is 10.3 Å². The molecule has 0 saturated carbocycles. The number of pyridine rings is 1. The maximum Gasteiger partial charge on any atom is 0.159 e. The Labute approximate surface area is 308 Å². The Kier molecular flexibility index (Phi) is 8.35. The van der Waals surface area contributed by atoms with Gasteiger partial charge in [0, 0.05) is 28.4 Å². The van der Waals surface area contributed by atoms with E-state index in [1.807, 2.05) is 48.7 Å². The van der Waals surface area contributed by atoms with Gasteiger partial charge in [0.1, 0.15) is 12.0 Å². The van der Waals surface area contributed by atoms with Gasteiger partial charge < -0.3 is 11.1 Å². The number of nitrogens with zero attached hydrogens (tertiary/aromatic N) is 3. The summed E-state index contributed by atoms with van der Waals surface area (Å²) < 4.78 is 0. The van der Waals surface area contributed by atoms with Crippen LogP contribution in [0.5, 0.6) is 0 Å². The van der Waals surface area contributed by atoms with Crippen LogP contribution >= 0.6 is 0 Å². The summed E-state index contributed by atoms with van der Waals surface area (Å²) in [5.74, 6) is 1.42. The van der Waals surface area contributed by atoms with E-state index in [9.17, 15) is 0 Å². The predicted octanol–water partition coefficient (Wildman–Crippen LogP) is 11.0. The van der Waals surface area contributed by atoms with Gasteiger partial charge >= 0.3 is 0 Å². The highest BCUT2D eigenvalue weighted by Gasteiger charge is 2.22.